The Balaban J connectivity index is 2.91. The Morgan fingerprint density at radius 2 is 2.24 bits per heavy atom. The van der Waals surface area contributed by atoms with Gasteiger partial charge in [-0.05, 0) is 25.5 Å². The molecule has 0 saturated carbocycles. The van der Waals surface area contributed by atoms with Crippen molar-refractivity contribution in [1.82, 2.24) is 4.98 Å². The fourth-order valence-electron chi connectivity index (χ4n) is 1.85. The van der Waals surface area contributed by atoms with Crippen LogP contribution in [0.2, 0.25) is 0 Å². The molecule has 3 nitrogen and oxygen atoms in total. The summed E-state index contributed by atoms with van der Waals surface area (Å²) in [5.74, 6) is -0.350. The molecule has 0 saturated heterocycles. The summed E-state index contributed by atoms with van der Waals surface area (Å²) >= 11 is 3.34. The molecule has 0 fully saturated rings. The maximum atomic E-state index is 13.8. The van der Waals surface area contributed by atoms with Gasteiger partial charge < -0.3 is 11.1 Å². The SMILES string of the molecule is CCNc1c(N)cnc2c(F)cc(Br)c(C)c12. The van der Waals surface area contributed by atoms with Crippen LogP contribution in [0, 0.1) is 12.7 Å². The number of hydrogen-bond donors (Lipinski definition) is 2. The molecule has 5 heteroatoms. The molecule has 1 aromatic heterocycles. The van der Waals surface area contributed by atoms with E-state index in [2.05, 4.69) is 26.2 Å². The van der Waals surface area contributed by atoms with E-state index in [1.54, 1.807) is 0 Å². The number of nitrogens with one attached hydrogen (secondary N) is 1. The number of pyridine rings is 1. The average molecular weight is 298 g/mol. The summed E-state index contributed by atoms with van der Waals surface area (Å²) in [6, 6.07) is 1.43. The minimum atomic E-state index is -0.350. The monoisotopic (exact) mass is 297 g/mol. The highest BCUT2D eigenvalue weighted by atomic mass is 79.9. The van der Waals surface area contributed by atoms with Gasteiger partial charge in [-0.25, -0.2) is 4.39 Å². The molecule has 0 atom stereocenters. The van der Waals surface area contributed by atoms with Gasteiger partial charge in [0.1, 0.15) is 5.52 Å². The first kappa shape index (κ1) is 12.1. The van der Waals surface area contributed by atoms with Gasteiger partial charge in [0.25, 0.3) is 0 Å². The van der Waals surface area contributed by atoms with Crippen LogP contribution in [0.1, 0.15) is 12.5 Å². The van der Waals surface area contributed by atoms with Crippen molar-refractivity contribution in [2.24, 2.45) is 0 Å². The minimum absolute atomic E-state index is 0.343. The van der Waals surface area contributed by atoms with Crippen molar-refractivity contribution < 1.29 is 4.39 Å². The van der Waals surface area contributed by atoms with Gasteiger partial charge in [0.2, 0.25) is 0 Å². The van der Waals surface area contributed by atoms with Crippen LogP contribution in [0.3, 0.4) is 0 Å². The fraction of sp³-hybridized carbons (Fsp3) is 0.250. The van der Waals surface area contributed by atoms with Crippen molar-refractivity contribution in [2.45, 2.75) is 13.8 Å². The van der Waals surface area contributed by atoms with Gasteiger partial charge in [0, 0.05) is 16.4 Å². The minimum Gasteiger partial charge on any atom is -0.396 e. The summed E-state index contributed by atoms with van der Waals surface area (Å²) < 4.78 is 14.5. The number of rotatable bonds is 2. The van der Waals surface area contributed by atoms with E-state index < -0.39 is 0 Å². The molecule has 0 amide bonds. The maximum Gasteiger partial charge on any atom is 0.150 e. The quantitative estimate of drug-likeness (QED) is 0.892. The molecule has 90 valence electrons. The molecule has 2 aromatic rings. The molecule has 1 aromatic carbocycles. The molecule has 2 rings (SSSR count). The Morgan fingerprint density at radius 1 is 1.53 bits per heavy atom. The second kappa shape index (κ2) is 4.49. The Morgan fingerprint density at radius 3 is 2.88 bits per heavy atom. The normalized spacial score (nSPS) is 10.8. The van der Waals surface area contributed by atoms with Crippen molar-refractivity contribution in [2.75, 3.05) is 17.6 Å². The Labute approximate surface area is 107 Å². The number of hydrogen-bond acceptors (Lipinski definition) is 3. The van der Waals surface area contributed by atoms with Crippen LogP contribution in [0.15, 0.2) is 16.7 Å². The summed E-state index contributed by atoms with van der Waals surface area (Å²) in [4.78, 5) is 4.06. The molecule has 0 unspecified atom stereocenters. The second-order valence-corrected chi connectivity index (χ2v) is 4.66. The van der Waals surface area contributed by atoms with Gasteiger partial charge in [0.05, 0.1) is 17.6 Å². The molecule has 0 aliphatic heterocycles. The third kappa shape index (κ3) is 1.95. The van der Waals surface area contributed by atoms with E-state index in [1.807, 2.05) is 13.8 Å². The van der Waals surface area contributed by atoms with E-state index in [-0.39, 0.29) is 5.82 Å². The summed E-state index contributed by atoms with van der Waals surface area (Å²) in [5.41, 5.74) is 8.42. The van der Waals surface area contributed by atoms with Crippen LogP contribution in [0.5, 0.6) is 0 Å². The fourth-order valence-corrected chi connectivity index (χ4v) is 2.25. The highest BCUT2D eigenvalue weighted by Crippen LogP contribution is 2.35. The van der Waals surface area contributed by atoms with Crippen LogP contribution in [0.25, 0.3) is 10.9 Å². The van der Waals surface area contributed by atoms with Gasteiger partial charge in [-0.2, -0.15) is 0 Å². The molecule has 0 spiro atoms. The van der Waals surface area contributed by atoms with Crippen LogP contribution >= 0.6 is 15.9 Å². The van der Waals surface area contributed by atoms with E-state index in [0.29, 0.717) is 15.7 Å². The summed E-state index contributed by atoms with van der Waals surface area (Å²) in [6.45, 7) is 4.60. The van der Waals surface area contributed by atoms with Gasteiger partial charge in [-0.15, -0.1) is 0 Å². The number of aryl methyl sites for hydroxylation is 1. The van der Waals surface area contributed by atoms with E-state index >= 15 is 0 Å². The Kier molecular flexibility index (Phi) is 3.19. The lowest BCUT2D eigenvalue weighted by atomic mass is 10.1. The Hall–Kier alpha value is -1.36. The molecule has 0 bridgehead atoms. The lowest BCUT2D eigenvalue weighted by Crippen LogP contribution is -2.04. The molecule has 3 N–H and O–H groups in total. The first-order valence-electron chi connectivity index (χ1n) is 5.33. The molecule has 0 aliphatic carbocycles. The highest BCUT2D eigenvalue weighted by Gasteiger charge is 2.14. The zero-order valence-electron chi connectivity index (χ0n) is 9.64. The molecule has 0 aliphatic rings. The molecule has 0 radical (unpaired) electrons. The smallest absolute Gasteiger partial charge is 0.150 e. The van der Waals surface area contributed by atoms with E-state index in [9.17, 15) is 4.39 Å². The lowest BCUT2D eigenvalue weighted by molar-refractivity contribution is 0.635. The van der Waals surface area contributed by atoms with Crippen LogP contribution in [-0.4, -0.2) is 11.5 Å². The van der Waals surface area contributed by atoms with Crippen molar-refractivity contribution >= 4 is 38.2 Å². The third-order valence-electron chi connectivity index (χ3n) is 2.67. The predicted octanol–water partition coefficient (Wildman–Crippen LogP) is 3.46. The zero-order chi connectivity index (χ0) is 12.6. The van der Waals surface area contributed by atoms with Crippen molar-refractivity contribution in [3.05, 3.63) is 28.1 Å². The number of nitrogen functional groups attached to an aromatic ring is 1. The summed E-state index contributed by atoms with van der Waals surface area (Å²) in [7, 11) is 0. The van der Waals surface area contributed by atoms with Gasteiger partial charge >= 0.3 is 0 Å². The van der Waals surface area contributed by atoms with Crippen molar-refractivity contribution in [1.29, 1.82) is 0 Å². The third-order valence-corrected chi connectivity index (χ3v) is 3.50. The van der Waals surface area contributed by atoms with Crippen LogP contribution in [-0.2, 0) is 0 Å². The van der Waals surface area contributed by atoms with Crippen molar-refractivity contribution in [3.8, 4) is 0 Å². The van der Waals surface area contributed by atoms with E-state index in [4.69, 9.17) is 5.73 Å². The molecule has 17 heavy (non-hydrogen) atoms. The molecular weight excluding hydrogens is 285 g/mol. The number of nitrogens with two attached hydrogens (primary N) is 1. The zero-order valence-corrected chi connectivity index (χ0v) is 11.2. The average Bonchev–Trinajstić information content (AvgIpc) is 2.29. The van der Waals surface area contributed by atoms with Crippen LogP contribution in [0.4, 0.5) is 15.8 Å². The predicted molar refractivity (Wildman–Crippen MR) is 72.7 cm³/mol. The number of fused-ring (bicyclic) bond motifs is 1. The van der Waals surface area contributed by atoms with E-state index in [0.717, 1.165) is 23.2 Å². The number of aromatic nitrogens is 1. The highest BCUT2D eigenvalue weighted by molar-refractivity contribution is 9.10. The largest absolute Gasteiger partial charge is 0.396 e. The number of anilines is 2. The van der Waals surface area contributed by atoms with E-state index in [1.165, 1.54) is 12.3 Å². The van der Waals surface area contributed by atoms with Gasteiger partial charge in [0.15, 0.2) is 5.82 Å². The lowest BCUT2D eigenvalue weighted by Gasteiger charge is -2.14. The first-order chi connectivity index (χ1) is 8.06. The van der Waals surface area contributed by atoms with Gasteiger partial charge in [-0.3, -0.25) is 4.98 Å². The Bertz CT molecular complexity index is 584. The summed E-state index contributed by atoms with van der Waals surface area (Å²) in [6.07, 6.45) is 1.48. The van der Waals surface area contributed by atoms with Gasteiger partial charge in [-0.1, -0.05) is 15.9 Å². The topological polar surface area (TPSA) is 50.9 Å². The molecular formula is C12H13BrFN3. The number of nitrogens with zero attached hydrogens (tertiary/aromatic N) is 1. The van der Waals surface area contributed by atoms with Crippen LogP contribution < -0.4 is 11.1 Å². The first-order valence-corrected chi connectivity index (χ1v) is 6.12. The standard InChI is InChI=1S/C12H13BrFN3/c1-3-16-12-9(15)5-17-11-8(14)4-7(13)6(2)10(11)12/h4-5H,3,15H2,1-2H3,(H,16,17). The molecule has 1 heterocycles. The number of benzene rings is 1. The maximum absolute atomic E-state index is 13.8. The second-order valence-electron chi connectivity index (χ2n) is 3.81. The van der Waals surface area contributed by atoms with Crippen molar-refractivity contribution in [3.63, 3.8) is 0 Å². The summed E-state index contributed by atoms with van der Waals surface area (Å²) in [5, 5.41) is 3.90. The number of halogens is 2.